The first-order valence-corrected chi connectivity index (χ1v) is 13.6. The van der Waals surface area contributed by atoms with E-state index in [2.05, 4.69) is 5.32 Å². The summed E-state index contributed by atoms with van der Waals surface area (Å²) in [6.45, 7) is 2.24. The van der Waals surface area contributed by atoms with Crippen molar-refractivity contribution >= 4 is 19.4 Å². The zero-order valence-electron chi connectivity index (χ0n) is 17.9. The maximum absolute atomic E-state index is 14.4. The summed E-state index contributed by atoms with van der Waals surface area (Å²) in [6, 6.07) is 11.8. The van der Waals surface area contributed by atoms with Gasteiger partial charge in [0.05, 0.1) is 19.4 Å². The van der Waals surface area contributed by atoms with Crippen LogP contribution in [0.2, 0.25) is 0 Å². The molecule has 0 unspecified atom stereocenters. The Morgan fingerprint density at radius 3 is 2.44 bits per heavy atom. The van der Waals surface area contributed by atoms with Crippen molar-refractivity contribution in [1.82, 2.24) is 5.32 Å². The van der Waals surface area contributed by atoms with Crippen molar-refractivity contribution in [3.8, 4) is 0 Å². The van der Waals surface area contributed by atoms with Crippen LogP contribution < -0.4 is 5.32 Å². The molecule has 1 saturated heterocycles. The topological polar surface area (TPSA) is 78.8 Å². The second kappa shape index (κ2) is 11.7. The van der Waals surface area contributed by atoms with Crippen LogP contribution in [0.3, 0.4) is 0 Å². The minimum atomic E-state index is -3.96. The molecule has 3 rings (SSSR count). The van der Waals surface area contributed by atoms with Crippen molar-refractivity contribution in [2.75, 3.05) is 31.7 Å². The molecule has 9 heteroatoms. The minimum Gasteiger partial charge on any atom is -0.379 e. The summed E-state index contributed by atoms with van der Waals surface area (Å²) in [5.41, 5.74) is 1.90. The van der Waals surface area contributed by atoms with E-state index in [-0.39, 0.29) is 23.2 Å². The van der Waals surface area contributed by atoms with Gasteiger partial charge in [0.25, 0.3) is 0 Å². The summed E-state index contributed by atoms with van der Waals surface area (Å²) in [4.78, 5) is 18.3. The third-order valence-corrected chi connectivity index (χ3v) is 7.68. The molecule has 176 valence electrons. The molecule has 3 N–H and O–H groups in total. The standard InChI is InChI=1S/C23H30F2NO4PS/c24-20-7-5-19(6-8-20)23(16-30-17-23)10-1-2-13-32-22-9-4-18(14-21(22)25)15-26-11-3-12-31(27,28)29/h4-9,14,26H,1-3,10-13,15-17H2,(H2,27,28,29). The maximum Gasteiger partial charge on any atom is 0.325 e. The molecular weight excluding hydrogens is 455 g/mol. The van der Waals surface area contributed by atoms with Gasteiger partial charge in [-0.25, -0.2) is 8.78 Å². The molecule has 1 fully saturated rings. The van der Waals surface area contributed by atoms with E-state index < -0.39 is 7.60 Å². The normalized spacial score (nSPS) is 15.5. The van der Waals surface area contributed by atoms with Gasteiger partial charge in [-0.05, 0) is 67.0 Å². The summed E-state index contributed by atoms with van der Waals surface area (Å²) in [7, 11) is -3.96. The highest BCUT2D eigenvalue weighted by molar-refractivity contribution is 7.99. The molecule has 0 spiro atoms. The van der Waals surface area contributed by atoms with Crippen LogP contribution >= 0.6 is 19.4 Å². The molecule has 0 radical (unpaired) electrons. The molecule has 2 aromatic rings. The van der Waals surface area contributed by atoms with Gasteiger partial charge in [0.1, 0.15) is 11.6 Å². The van der Waals surface area contributed by atoms with Gasteiger partial charge in [-0.2, -0.15) is 0 Å². The van der Waals surface area contributed by atoms with Crippen LogP contribution in [0.15, 0.2) is 47.4 Å². The van der Waals surface area contributed by atoms with Gasteiger partial charge >= 0.3 is 7.60 Å². The number of unbranched alkanes of at least 4 members (excludes halogenated alkanes) is 1. The van der Waals surface area contributed by atoms with E-state index in [1.165, 1.54) is 30.0 Å². The number of benzene rings is 2. The highest BCUT2D eigenvalue weighted by atomic mass is 32.2. The fraction of sp³-hybridized carbons (Fsp3) is 0.478. The van der Waals surface area contributed by atoms with Gasteiger partial charge < -0.3 is 19.8 Å². The molecule has 1 heterocycles. The van der Waals surface area contributed by atoms with Crippen LogP contribution in [0, 0.1) is 11.6 Å². The van der Waals surface area contributed by atoms with Gasteiger partial charge in [-0.15, -0.1) is 11.8 Å². The van der Waals surface area contributed by atoms with Crippen molar-refractivity contribution in [2.45, 2.75) is 42.5 Å². The lowest BCUT2D eigenvalue weighted by Crippen LogP contribution is -2.46. The van der Waals surface area contributed by atoms with Crippen LogP contribution in [-0.2, 0) is 21.3 Å². The fourth-order valence-corrected chi connectivity index (χ4v) is 5.27. The van der Waals surface area contributed by atoms with Gasteiger partial charge in [-0.1, -0.05) is 24.6 Å². The van der Waals surface area contributed by atoms with Gasteiger partial charge in [0.2, 0.25) is 0 Å². The molecule has 0 bridgehead atoms. The largest absolute Gasteiger partial charge is 0.379 e. The number of hydrogen-bond donors (Lipinski definition) is 3. The van der Waals surface area contributed by atoms with E-state index in [1.807, 2.05) is 18.2 Å². The Balaban J connectivity index is 1.37. The van der Waals surface area contributed by atoms with E-state index >= 15 is 0 Å². The molecule has 0 saturated carbocycles. The van der Waals surface area contributed by atoms with Gasteiger partial charge in [0.15, 0.2) is 0 Å². The zero-order valence-corrected chi connectivity index (χ0v) is 19.6. The van der Waals surface area contributed by atoms with Crippen molar-refractivity contribution in [3.63, 3.8) is 0 Å². The fourth-order valence-electron chi connectivity index (χ4n) is 3.77. The van der Waals surface area contributed by atoms with Crippen LogP contribution in [0.25, 0.3) is 0 Å². The molecule has 2 aromatic carbocycles. The molecular formula is C23H30F2NO4PS. The molecule has 5 nitrogen and oxygen atoms in total. The Labute approximate surface area is 192 Å². The highest BCUT2D eigenvalue weighted by Gasteiger charge is 2.39. The van der Waals surface area contributed by atoms with E-state index in [4.69, 9.17) is 14.5 Å². The van der Waals surface area contributed by atoms with E-state index in [1.54, 1.807) is 6.07 Å². The number of ether oxygens (including phenoxy) is 1. The molecule has 0 amide bonds. The lowest BCUT2D eigenvalue weighted by atomic mass is 9.75. The van der Waals surface area contributed by atoms with E-state index in [9.17, 15) is 13.3 Å². The Morgan fingerprint density at radius 1 is 1.06 bits per heavy atom. The summed E-state index contributed by atoms with van der Waals surface area (Å²) in [6.07, 6.45) is 3.13. The monoisotopic (exact) mass is 485 g/mol. The Hall–Kier alpha value is -1.28. The number of halogens is 2. The van der Waals surface area contributed by atoms with Crippen LogP contribution in [0.1, 0.15) is 36.8 Å². The van der Waals surface area contributed by atoms with Gasteiger partial charge in [-0.3, -0.25) is 4.57 Å². The Bertz CT molecular complexity index is 919. The second-order valence-electron chi connectivity index (χ2n) is 8.27. The molecule has 32 heavy (non-hydrogen) atoms. The van der Waals surface area contributed by atoms with Crippen molar-refractivity contribution < 1.29 is 27.9 Å². The number of thioether (sulfide) groups is 1. The summed E-state index contributed by atoms with van der Waals surface area (Å²) in [5.74, 6) is 0.334. The SMILES string of the molecule is O=P(O)(O)CCCNCc1ccc(SCCCCC2(c3ccc(F)cc3)COC2)c(F)c1. The third-order valence-electron chi connectivity index (χ3n) is 5.65. The number of nitrogens with one attached hydrogen (secondary N) is 1. The second-order valence-corrected chi connectivity index (χ2v) is 11.2. The summed E-state index contributed by atoms with van der Waals surface area (Å²) in [5, 5.41) is 3.07. The van der Waals surface area contributed by atoms with Crippen molar-refractivity contribution in [1.29, 1.82) is 0 Å². The van der Waals surface area contributed by atoms with Crippen molar-refractivity contribution in [2.24, 2.45) is 0 Å². The zero-order chi connectivity index (χ0) is 23.0. The van der Waals surface area contributed by atoms with Crippen LogP contribution in [0.5, 0.6) is 0 Å². The van der Waals surface area contributed by atoms with Crippen LogP contribution in [-0.4, -0.2) is 41.5 Å². The van der Waals surface area contributed by atoms with E-state index in [0.29, 0.717) is 37.6 Å². The predicted molar refractivity (Wildman–Crippen MR) is 123 cm³/mol. The molecule has 0 aromatic heterocycles. The van der Waals surface area contributed by atoms with Gasteiger partial charge in [0, 0.05) is 16.9 Å². The first-order chi connectivity index (χ1) is 15.3. The molecule has 0 aliphatic carbocycles. The predicted octanol–water partition coefficient (Wildman–Crippen LogP) is 4.85. The first-order valence-electron chi connectivity index (χ1n) is 10.8. The third kappa shape index (κ3) is 7.65. The molecule has 1 aliphatic heterocycles. The Kier molecular flexibility index (Phi) is 9.29. The van der Waals surface area contributed by atoms with Crippen LogP contribution in [0.4, 0.5) is 8.78 Å². The smallest absolute Gasteiger partial charge is 0.325 e. The number of hydrogen-bond acceptors (Lipinski definition) is 4. The lowest BCUT2D eigenvalue weighted by Gasteiger charge is -2.42. The summed E-state index contributed by atoms with van der Waals surface area (Å²) >= 11 is 1.50. The molecule has 0 atom stereocenters. The van der Waals surface area contributed by atoms with E-state index in [0.717, 1.165) is 36.1 Å². The number of rotatable bonds is 13. The molecule has 1 aliphatic rings. The average molecular weight is 486 g/mol. The van der Waals surface area contributed by atoms with Crippen molar-refractivity contribution in [3.05, 3.63) is 65.2 Å². The maximum atomic E-state index is 14.4. The highest BCUT2D eigenvalue weighted by Crippen LogP contribution is 2.38. The first kappa shape index (κ1) is 25.3. The minimum absolute atomic E-state index is 0.0243. The average Bonchev–Trinajstić information content (AvgIpc) is 2.70. The lowest BCUT2D eigenvalue weighted by molar-refractivity contribution is -0.0652. The summed E-state index contributed by atoms with van der Waals surface area (Å²) < 4.78 is 43.9. The Morgan fingerprint density at radius 2 is 1.81 bits per heavy atom. The quantitative estimate of drug-likeness (QED) is 0.214.